The summed E-state index contributed by atoms with van der Waals surface area (Å²) in [5.41, 5.74) is 3.44. The summed E-state index contributed by atoms with van der Waals surface area (Å²) in [5, 5.41) is 0. The number of unbranched alkanes of at least 4 members (excludes halogenated alkanes) is 6. The lowest BCUT2D eigenvalue weighted by molar-refractivity contribution is 0.262. The van der Waals surface area contributed by atoms with E-state index in [0.29, 0.717) is 19.8 Å². The molecule has 6 rings (SSSR count). The second-order valence-corrected chi connectivity index (χ2v) is 12.1. The van der Waals surface area contributed by atoms with Crippen molar-refractivity contribution in [2.75, 3.05) is 39.6 Å². The minimum Gasteiger partial charge on any atom is -0.491 e. The molecule has 0 bridgehead atoms. The summed E-state index contributed by atoms with van der Waals surface area (Å²) >= 11 is 0. The van der Waals surface area contributed by atoms with E-state index in [2.05, 4.69) is 79.7 Å². The van der Waals surface area contributed by atoms with E-state index in [1.54, 1.807) is 0 Å². The van der Waals surface area contributed by atoms with E-state index in [1.807, 2.05) is 0 Å². The fourth-order valence-corrected chi connectivity index (χ4v) is 5.85. The van der Waals surface area contributed by atoms with Crippen molar-refractivity contribution in [3.8, 4) is 17.2 Å². The van der Waals surface area contributed by atoms with Crippen molar-refractivity contribution in [1.82, 2.24) is 0 Å². The second kappa shape index (κ2) is 14.6. The number of ether oxygens (including phenoxy) is 6. The first-order valence-corrected chi connectivity index (χ1v) is 16.3. The first-order valence-electron chi connectivity index (χ1n) is 16.3. The first-order chi connectivity index (χ1) is 21.2. The van der Waals surface area contributed by atoms with Gasteiger partial charge in [0.25, 0.3) is 0 Å². The molecule has 3 saturated heterocycles. The Morgan fingerprint density at radius 3 is 1.16 bits per heavy atom. The predicted molar refractivity (Wildman–Crippen MR) is 168 cm³/mol. The van der Waals surface area contributed by atoms with Gasteiger partial charge in [-0.25, -0.2) is 0 Å². The van der Waals surface area contributed by atoms with Crippen molar-refractivity contribution in [2.24, 2.45) is 0 Å². The van der Waals surface area contributed by atoms with E-state index in [-0.39, 0.29) is 23.7 Å². The van der Waals surface area contributed by atoms with Gasteiger partial charge in [0.1, 0.15) is 55.4 Å². The Balaban J connectivity index is 1.29. The molecule has 43 heavy (non-hydrogen) atoms. The Kier molecular flexibility index (Phi) is 10.2. The van der Waals surface area contributed by atoms with E-state index in [4.69, 9.17) is 28.4 Å². The highest BCUT2D eigenvalue weighted by atomic mass is 16.6. The summed E-state index contributed by atoms with van der Waals surface area (Å²) in [6.45, 7) is 6.45. The van der Waals surface area contributed by atoms with Crippen LogP contribution in [0.2, 0.25) is 0 Å². The van der Waals surface area contributed by atoms with Crippen LogP contribution < -0.4 is 14.2 Å². The first kappa shape index (κ1) is 30.0. The SMILES string of the molecule is CCCCCCCCCC(c1ccc(OCC2CO2)cc1)(c1ccc(OCC2CO2)cc1)c1ccc(OCC2CO2)cc1. The summed E-state index contributed by atoms with van der Waals surface area (Å²) in [4.78, 5) is 0. The fraction of sp³-hybridized carbons (Fsp3) is 0.514. The molecular formula is C37H46O6. The lowest BCUT2D eigenvalue weighted by Gasteiger charge is -2.36. The third-order valence-electron chi connectivity index (χ3n) is 8.71. The molecule has 0 spiro atoms. The van der Waals surface area contributed by atoms with Gasteiger partial charge in [-0.15, -0.1) is 0 Å². The van der Waals surface area contributed by atoms with Gasteiger partial charge in [0, 0.05) is 5.41 Å². The quantitative estimate of drug-likeness (QED) is 0.0776. The Labute approximate surface area is 256 Å². The van der Waals surface area contributed by atoms with Gasteiger partial charge >= 0.3 is 0 Å². The van der Waals surface area contributed by atoms with Crippen LogP contribution in [0.1, 0.15) is 75.0 Å². The molecule has 3 atom stereocenters. The van der Waals surface area contributed by atoms with Gasteiger partial charge in [0.2, 0.25) is 0 Å². The Hall–Kier alpha value is -3.06. The molecular weight excluding hydrogens is 540 g/mol. The Morgan fingerprint density at radius 1 is 0.512 bits per heavy atom. The molecule has 3 aromatic carbocycles. The summed E-state index contributed by atoms with van der Waals surface area (Å²) in [5.74, 6) is 2.63. The van der Waals surface area contributed by atoms with Gasteiger partial charge in [-0.3, -0.25) is 0 Å². The van der Waals surface area contributed by atoms with Crippen molar-refractivity contribution in [3.63, 3.8) is 0 Å². The maximum Gasteiger partial charge on any atom is 0.119 e. The predicted octanol–water partition coefficient (Wildman–Crippen LogP) is 7.49. The smallest absolute Gasteiger partial charge is 0.119 e. The summed E-state index contributed by atoms with van der Waals surface area (Å²) in [6, 6.07) is 26.1. The molecule has 3 heterocycles. The van der Waals surface area contributed by atoms with Crippen LogP contribution in [0.4, 0.5) is 0 Å². The highest BCUT2D eigenvalue weighted by Gasteiger charge is 2.36. The average Bonchev–Trinajstić information content (AvgIpc) is 3.89. The summed E-state index contributed by atoms with van der Waals surface area (Å²) in [7, 11) is 0. The van der Waals surface area contributed by atoms with Crippen molar-refractivity contribution >= 4 is 0 Å². The minimum absolute atomic E-state index is 0.232. The molecule has 0 N–H and O–H groups in total. The Morgan fingerprint density at radius 2 is 0.837 bits per heavy atom. The Bertz CT molecular complexity index is 1100. The van der Waals surface area contributed by atoms with Gasteiger partial charge < -0.3 is 28.4 Å². The van der Waals surface area contributed by atoms with Crippen LogP contribution in [0.25, 0.3) is 0 Å². The monoisotopic (exact) mass is 586 g/mol. The van der Waals surface area contributed by atoms with Gasteiger partial charge in [-0.1, -0.05) is 88.3 Å². The standard InChI is InChI=1S/C37H46O6/c1-2-3-4-5-6-7-8-21-37(28-9-15-31(16-10-28)38-22-34-25-41-34,29-11-17-32(18-12-29)39-23-35-26-42-35)30-13-19-33(20-14-30)40-24-36-27-43-36/h9-20,34-36H,2-8,21-27H2,1H3. The molecule has 3 aliphatic heterocycles. The van der Waals surface area contributed by atoms with Crippen molar-refractivity contribution in [2.45, 2.75) is 82.0 Å². The van der Waals surface area contributed by atoms with Gasteiger partial charge in [-0.2, -0.15) is 0 Å². The third-order valence-corrected chi connectivity index (χ3v) is 8.71. The number of hydrogen-bond donors (Lipinski definition) is 0. The molecule has 0 aliphatic carbocycles. The molecule has 230 valence electrons. The molecule has 3 unspecified atom stereocenters. The molecule has 0 radical (unpaired) electrons. The van der Waals surface area contributed by atoms with Crippen molar-refractivity contribution in [3.05, 3.63) is 89.5 Å². The lowest BCUT2D eigenvalue weighted by Crippen LogP contribution is -2.29. The largest absolute Gasteiger partial charge is 0.491 e. The van der Waals surface area contributed by atoms with E-state index in [9.17, 15) is 0 Å². The van der Waals surface area contributed by atoms with Gasteiger partial charge in [0.05, 0.1) is 19.8 Å². The molecule has 6 heteroatoms. The van der Waals surface area contributed by atoms with Crippen LogP contribution in [0.3, 0.4) is 0 Å². The molecule has 3 aromatic rings. The van der Waals surface area contributed by atoms with E-state index >= 15 is 0 Å². The van der Waals surface area contributed by atoms with Crippen LogP contribution in [-0.4, -0.2) is 58.0 Å². The maximum absolute atomic E-state index is 6.01. The minimum atomic E-state index is -0.335. The molecule has 6 nitrogen and oxygen atoms in total. The van der Waals surface area contributed by atoms with Gasteiger partial charge in [0.15, 0.2) is 0 Å². The highest BCUT2D eigenvalue weighted by molar-refractivity contribution is 5.53. The second-order valence-electron chi connectivity index (χ2n) is 12.1. The summed E-state index contributed by atoms with van der Waals surface area (Å²) in [6.07, 6.45) is 10.6. The zero-order valence-electron chi connectivity index (χ0n) is 25.5. The van der Waals surface area contributed by atoms with Crippen molar-refractivity contribution in [1.29, 1.82) is 0 Å². The fourth-order valence-electron chi connectivity index (χ4n) is 5.85. The van der Waals surface area contributed by atoms with Crippen LogP contribution in [-0.2, 0) is 19.6 Å². The number of hydrogen-bond acceptors (Lipinski definition) is 6. The van der Waals surface area contributed by atoms with Crippen LogP contribution in [0.5, 0.6) is 17.2 Å². The maximum atomic E-state index is 6.01. The molecule has 3 fully saturated rings. The van der Waals surface area contributed by atoms with Gasteiger partial charge in [-0.05, 0) is 59.5 Å². The molecule has 0 aromatic heterocycles. The van der Waals surface area contributed by atoms with Crippen LogP contribution >= 0.6 is 0 Å². The summed E-state index contributed by atoms with van der Waals surface area (Å²) < 4.78 is 34.0. The molecule has 0 saturated carbocycles. The van der Waals surface area contributed by atoms with E-state index < -0.39 is 0 Å². The van der Waals surface area contributed by atoms with E-state index in [1.165, 1.54) is 55.2 Å². The lowest BCUT2D eigenvalue weighted by atomic mass is 9.66. The molecule has 0 amide bonds. The average molecular weight is 587 g/mol. The van der Waals surface area contributed by atoms with Crippen LogP contribution in [0, 0.1) is 0 Å². The van der Waals surface area contributed by atoms with E-state index in [0.717, 1.165) is 49.9 Å². The zero-order chi connectivity index (χ0) is 29.3. The number of rotatable bonds is 20. The third kappa shape index (κ3) is 8.53. The number of epoxide rings is 3. The van der Waals surface area contributed by atoms with Crippen LogP contribution in [0.15, 0.2) is 72.8 Å². The highest BCUT2D eigenvalue weighted by Crippen LogP contribution is 2.45. The topological polar surface area (TPSA) is 65.3 Å². The zero-order valence-corrected chi connectivity index (χ0v) is 25.5. The normalized spacial score (nSPS) is 21.6. The van der Waals surface area contributed by atoms with Crippen molar-refractivity contribution < 1.29 is 28.4 Å². The number of benzene rings is 3. The molecule has 3 aliphatic rings.